The molecule has 1 aliphatic rings. The highest BCUT2D eigenvalue weighted by molar-refractivity contribution is 7.80. The molecule has 0 spiro atoms. The maximum atomic E-state index is 5.69. The van der Waals surface area contributed by atoms with Gasteiger partial charge in [-0.15, -0.1) is 0 Å². The number of hydrogen-bond donors (Lipinski definition) is 1. The van der Waals surface area contributed by atoms with Gasteiger partial charge in [0.25, 0.3) is 0 Å². The molecule has 3 nitrogen and oxygen atoms in total. The lowest BCUT2D eigenvalue weighted by molar-refractivity contribution is 0.324. The second kappa shape index (κ2) is 4.78. The molecule has 0 saturated carbocycles. The fraction of sp³-hybridized carbons (Fsp3) is 0.500. The van der Waals surface area contributed by atoms with Gasteiger partial charge in [0.2, 0.25) is 5.88 Å². The Morgan fingerprint density at radius 1 is 1.50 bits per heavy atom. The van der Waals surface area contributed by atoms with E-state index in [0.29, 0.717) is 17.5 Å². The van der Waals surface area contributed by atoms with Crippen molar-refractivity contribution in [2.75, 3.05) is 6.61 Å². The number of ether oxygens (including phenoxy) is 1. The van der Waals surface area contributed by atoms with Gasteiger partial charge >= 0.3 is 0 Å². The lowest BCUT2D eigenvalue weighted by Crippen LogP contribution is -2.16. The van der Waals surface area contributed by atoms with Crippen LogP contribution in [0.1, 0.15) is 36.6 Å². The van der Waals surface area contributed by atoms with Crippen molar-refractivity contribution < 1.29 is 4.74 Å². The zero-order chi connectivity index (χ0) is 11.5. The molecule has 1 heterocycles. The number of aryl methyl sites for hydroxylation is 2. The number of rotatable bonds is 3. The minimum Gasteiger partial charge on any atom is -0.477 e. The Balaban J connectivity index is 2.45. The van der Waals surface area contributed by atoms with Crippen molar-refractivity contribution in [1.82, 2.24) is 4.98 Å². The number of fused-ring (bicyclic) bond motifs is 1. The van der Waals surface area contributed by atoms with Crippen LogP contribution in [0.5, 0.6) is 5.88 Å². The van der Waals surface area contributed by atoms with Crippen molar-refractivity contribution in [1.29, 1.82) is 0 Å². The fourth-order valence-corrected chi connectivity index (χ4v) is 2.18. The Bertz CT molecular complexity index is 418. The van der Waals surface area contributed by atoms with Crippen LogP contribution in [0.2, 0.25) is 0 Å². The van der Waals surface area contributed by atoms with Crippen molar-refractivity contribution in [3.63, 3.8) is 0 Å². The SMILES string of the molecule is CCOc1nc2c(cc1C(N)=S)CCCC2. The first kappa shape index (κ1) is 11.3. The molecule has 0 fully saturated rings. The Morgan fingerprint density at radius 2 is 2.25 bits per heavy atom. The monoisotopic (exact) mass is 236 g/mol. The van der Waals surface area contributed by atoms with Crippen molar-refractivity contribution in [2.24, 2.45) is 5.73 Å². The standard InChI is InChI=1S/C12H16N2OS/c1-2-15-12-9(11(13)16)7-8-5-3-4-6-10(8)14-12/h7H,2-6H2,1H3,(H2,13,16). The van der Waals surface area contributed by atoms with Gasteiger partial charge in [0.15, 0.2) is 0 Å². The summed E-state index contributed by atoms with van der Waals surface area (Å²) in [7, 11) is 0. The molecule has 0 aromatic carbocycles. The van der Waals surface area contributed by atoms with E-state index in [-0.39, 0.29) is 0 Å². The van der Waals surface area contributed by atoms with Crippen molar-refractivity contribution in [3.8, 4) is 5.88 Å². The molecule has 0 amide bonds. The molecule has 16 heavy (non-hydrogen) atoms. The molecule has 0 unspecified atom stereocenters. The third-order valence-electron chi connectivity index (χ3n) is 2.81. The molecule has 2 N–H and O–H groups in total. The molecule has 4 heteroatoms. The number of nitrogens with two attached hydrogens (primary N) is 1. The van der Waals surface area contributed by atoms with Gasteiger partial charge in [-0.1, -0.05) is 12.2 Å². The summed E-state index contributed by atoms with van der Waals surface area (Å²) in [6.07, 6.45) is 4.54. The van der Waals surface area contributed by atoms with Gasteiger partial charge in [-0.25, -0.2) is 4.98 Å². The number of nitrogens with zero attached hydrogens (tertiary/aromatic N) is 1. The van der Waals surface area contributed by atoms with Crippen LogP contribution in [-0.2, 0) is 12.8 Å². The van der Waals surface area contributed by atoms with Gasteiger partial charge in [-0.2, -0.15) is 0 Å². The first-order valence-electron chi connectivity index (χ1n) is 5.67. The Kier molecular flexibility index (Phi) is 3.39. The predicted molar refractivity (Wildman–Crippen MR) is 67.9 cm³/mol. The van der Waals surface area contributed by atoms with Crippen molar-refractivity contribution in [3.05, 3.63) is 22.9 Å². The number of hydrogen-bond acceptors (Lipinski definition) is 3. The van der Waals surface area contributed by atoms with Gasteiger partial charge in [-0.05, 0) is 44.2 Å². The van der Waals surface area contributed by atoms with Crippen LogP contribution in [0.4, 0.5) is 0 Å². The van der Waals surface area contributed by atoms with Crippen LogP contribution in [0.25, 0.3) is 0 Å². The maximum Gasteiger partial charge on any atom is 0.223 e. The summed E-state index contributed by atoms with van der Waals surface area (Å²) in [5.41, 5.74) is 8.89. The molecule has 2 rings (SSSR count). The second-order valence-electron chi connectivity index (χ2n) is 3.95. The summed E-state index contributed by atoms with van der Waals surface area (Å²) in [5.74, 6) is 0.593. The molecule has 1 aromatic heterocycles. The summed E-state index contributed by atoms with van der Waals surface area (Å²) >= 11 is 5.03. The maximum absolute atomic E-state index is 5.69. The Hall–Kier alpha value is -1.16. The van der Waals surface area contributed by atoms with E-state index < -0.39 is 0 Å². The first-order valence-corrected chi connectivity index (χ1v) is 6.08. The lowest BCUT2D eigenvalue weighted by atomic mass is 9.95. The smallest absolute Gasteiger partial charge is 0.223 e. The molecular weight excluding hydrogens is 220 g/mol. The molecule has 0 atom stereocenters. The summed E-state index contributed by atoms with van der Waals surface area (Å²) in [4.78, 5) is 4.90. The molecular formula is C12H16N2OS. The van der Waals surface area contributed by atoms with Gasteiger partial charge in [-0.3, -0.25) is 0 Å². The number of thiocarbonyl (C=S) groups is 1. The fourth-order valence-electron chi connectivity index (χ4n) is 2.04. The van der Waals surface area contributed by atoms with E-state index in [1.807, 2.05) is 6.92 Å². The summed E-state index contributed by atoms with van der Waals surface area (Å²) in [6.45, 7) is 2.52. The molecule has 1 aromatic rings. The molecule has 0 radical (unpaired) electrons. The van der Waals surface area contributed by atoms with E-state index >= 15 is 0 Å². The van der Waals surface area contributed by atoms with Crippen LogP contribution in [0.3, 0.4) is 0 Å². The highest BCUT2D eigenvalue weighted by atomic mass is 32.1. The normalized spacial score (nSPS) is 14.3. The highest BCUT2D eigenvalue weighted by Gasteiger charge is 2.16. The van der Waals surface area contributed by atoms with Gasteiger partial charge in [0, 0.05) is 5.69 Å². The molecule has 86 valence electrons. The van der Waals surface area contributed by atoms with Gasteiger partial charge in [0.05, 0.1) is 12.2 Å². The molecule has 0 saturated heterocycles. The zero-order valence-corrected chi connectivity index (χ0v) is 10.3. The lowest BCUT2D eigenvalue weighted by Gasteiger charge is -2.18. The largest absolute Gasteiger partial charge is 0.477 e. The summed E-state index contributed by atoms with van der Waals surface area (Å²) in [5, 5.41) is 0. The van der Waals surface area contributed by atoms with E-state index in [0.717, 1.165) is 24.1 Å². The zero-order valence-electron chi connectivity index (χ0n) is 9.45. The first-order chi connectivity index (χ1) is 7.72. The third kappa shape index (κ3) is 2.16. The Morgan fingerprint density at radius 3 is 2.94 bits per heavy atom. The van der Waals surface area contributed by atoms with Crippen LogP contribution in [-0.4, -0.2) is 16.6 Å². The number of aromatic nitrogens is 1. The van der Waals surface area contributed by atoms with Gasteiger partial charge < -0.3 is 10.5 Å². The minimum absolute atomic E-state index is 0.365. The topological polar surface area (TPSA) is 48.1 Å². The molecule has 0 aliphatic heterocycles. The average Bonchev–Trinajstić information content (AvgIpc) is 2.28. The van der Waals surface area contributed by atoms with Crippen LogP contribution in [0.15, 0.2) is 6.07 Å². The highest BCUT2D eigenvalue weighted by Crippen LogP contribution is 2.25. The average molecular weight is 236 g/mol. The van der Waals surface area contributed by atoms with E-state index in [1.165, 1.54) is 18.4 Å². The van der Waals surface area contributed by atoms with Gasteiger partial charge in [0.1, 0.15) is 4.99 Å². The van der Waals surface area contributed by atoms with E-state index in [9.17, 15) is 0 Å². The van der Waals surface area contributed by atoms with Crippen molar-refractivity contribution in [2.45, 2.75) is 32.6 Å². The quantitative estimate of drug-likeness (QED) is 0.815. The van der Waals surface area contributed by atoms with Crippen LogP contribution >= 0.6 is 12.2 Å². The second-order valence-corrected chi connectivity index (χ2v) is 4.39. The molecule has 1 aliphatic carbocycles. The van der Waals surface area contributed by atoms with E-state index in [2.05, 4.69) is 11.1 Å². The summed E-state index contributed by atoms with van der Waals surface area (Å²) in [6, 6.07) is 2.05. The predicted octanol–water partition coefficient (Wildman–Crippen LogP) is 1.99. The number of pyridine rings is 1. The van der Waals surface area contributed by atoms with Crippen LogP contribution < -0.4 is 10.5 Å². The van der Waals surface area contributed by atoms with E-state index in [4.69, 9.17) is 22.7 Å². The third-order valence-corrected chi connectivity index (χ3v) is 3.03. The molecule has 0 bridgehead atoms. The van der Waals surface area contributed by atoms with E-state index in [1.54, 1.807) is 0 Å². The minimum atomic E-state index is 0.365. The van der Waals surface area contributed by atoms with Crippen molar-refractivity contribution >= 4 is 17.2 Å². The van der Waals surface area contributed by atoms with Crippen LogP contribution in [0, 0.1) is 0 Å². The summed E-state index contributed by atoms with van der Waals surface area (Å²) < 4.78 is 5.49. The Labute approximate surface area is 101 Å².